The Morgan fingerprint density at radius 3 is 2.64 bits per heavy atom. The van der Waals surface area contributed by atoms with Crippen LogP contribution in [0.5, 0.6) is 0 Å². The maximum Gasteiger partial charge on any atom is 0.126 e. The third kappa shape index (κ3) is 2.08. The van der Waals surface area contributed by atoms with Gasteiger partial charge in [-0.15, -0.1) is 11.6 Å². The predicted octanol–water partition coefficient (Wildman–Crippen LogP) is 2.44. The van der Waals surface area contributed by atoms with Gasteiger partial charge in [0.25, 0.3) is 0 Å². The number of rotatable bonds is 1. The van der Waals surface area contributed by atoms with E-state index in [1.165, 1.54) is 0 Å². The largest absolute Gasteiger partial charge is 0.393 e. The number of allylic oxidation sites excluding steroid dienone is 3. The van der Waals surface area contributed by atoms with Crippen LogP contribution in [-0.4, -0.2) is 15.0 Å². The zero-order valence-corrected chi connectivity index (χ0v) is 8.51. The molecule has 3 heteroatoms. The minimum Gasteiger partial charge on any atom is -0.393 e. The molecule has 3 unspecified atom stereocenters. The van der Waals surface area contributed by atoms with Crippen molar-refractivity contribution in [3.63, 3.8) is 0 Å². The molecule has 0 fully saturated rings. The highest BCUT2D eigenvalue weighted by atomic mass is 79.9. The quantitative estimate of drug-likeness (QED) is 0.695. The molecule has 1 nitrogen and oxygen atoms in total. The first-order valence-corrected chi connectivity index (χ1v) is 4.63. The lowest BCUT2D eigenvalue weighted by atomic mass is 9.95. The van der Waals surface area contributed by atoms with Gasteiger partial charge in [-0.1, -0.05) is 40.2 Å². The highest BCUT2D eigenvalue weighted by molar-refractivity contribution is 9.10. The van der Waals surface area contributed by atoms with Crippen LogP contribution in [-0.2, 0) is 0 Å². The highest BCUT2D eigenvalue weighted by Crippen LogP contribution is 2.39. The molecule has 0 aromatic rings. The highest BCUT2D eigenvalue weighted by Gasteiger charge is 2.34. The average molecular weight is 238 g/mol. The molecule has 3 atom stereocenters. The number of aliphatic hydroxyl groups is 1. The molecule has 1 aliphatic rings. The molecule has 1 aliphatic carbocycles. The number of hydrogen-bond donors (Lipinski definition) is 1. The van der Waals surface area contributed by atoms with Crippen LogP contribution < -0.4 is 0 Å². The molecule has 1 rings (SSSR count). The van der Waals surface area contributed by atoms with Crippen molar-refractivity contribution in [1.29, 1.82) is 0 Å². The Hall–Kier alpha value is 0.210. The summed E-state index contributed by atoms with van der Waals surface area (Å²) in [6, 6.07) is 0. The fourth-order valence-electron chi connectivity index (χ4n) is 1.09. The summed E-state index contributed by atoms with van der Waals surface area (Å²) in [5.74, 6) is -0.0610. The van der Waals surface area contributed by atoms with E-state index >= 15 is 0 Å². The number of hydrogen-bond acceptors (Lipinski definition) is 1. The van der Waals surface area contributed by atoms with Crippen LogP contribution >= 0.6 is 27.5 Å². The Labute approximate surface area is 79.9 Å². The summed E-state index contributed by atoms with van der Waals surface area (Å²) in [7, 11) is 0. The molecule has 1 N–H and O–H groups in total. The standard InChI is InChI=1S/C8H10BrClO/c1-6(11)7-4-2-3-5-8(7,9)10/h2-7,11H,1H3. The monoisotopic (exact) mass is 236 g/mol. The number of alkyl halides is 2. The van der Waals surface area contributed by atoms with Crippen LogP contribution in [0.25, 0.3) is 0 Å². The van der Waals surface area contributed by atoms with E-state index in [4.69, 9.17) is 11.6 Å². The van der Waals surface area contributed by atoms with E-state index in [1.54, 1.807) is 6.92 Å². The fourth-order valence-corrected chi connectivity index (χ4v) is 2.11. The van der Waals surface area contributed by atoms with Crippen LogP contribution in [0.2, 0.25) is 0 Å². The Kier molecular flexibility index (Phi) is 2.79. The van der Waals surface area contributed by atoms with Crippen molar-refractivity contribution >= 4 is 27.5 Å². The summed E-state index contributed by atoms with van der Waals surface area (Å²) in [5.41, 5.74) is 0. The molecule has 0 aromatic carbocycles. The third-order valence-electron chi connectivity index (χ3n) is 1.71. The summed E-state index contributed by atoms with van der Waals surface area (Å²) < 4.78 is -0.615. The summed E-state index contributed by atoms with van der Waals surface area (Å²) in [4.78, 5) is 0. The van der Waals surface area contributed by atoms with E-state index in [1.807, 2.05) is 24.3 Å². The lowest BCUT2D eigenvalue weighted by Crippen LogP contribution is -2.31. The van der Waals surface area contributed by atoms with Crippen LogP contribution in [0.4, 0.5) is 0 Å². The van der Waals surface area contributed by atoms with E-state index in [0.29, 0.717) is 0 Å². The first kappa shape index (κ1) is 9.30. The van der Waals surface area contributed by atoms with E-state index in [-0.39, 0.29) is 5.92 Å². The second-order valence-corrected chi connectivity index (χ2v) is 5.08. The predicted molar refractivity (Wildman–Crippen MR) is 51.0 cm³/mol. The number of halogens is 2. The number of aliphatic hydroxyl groups excluding tert-OH is 1. The first-order chi connectivity index (χ1) is 5.04. The van der Waals surface area contributed by atoms with Gasteiger partial charge < -0.3 is 5.11 Å². The Bertz CT molecular complexity index is 196. The van der Waals surface area contributed by atoms with Gasteiger partial charge in [-0.05, 0) is 6.92 Å². The second kappa shape index (κ2) is 3.30. The molecule has 0 radical (unpaired) electrons. The topological polar surface area (TPSA) is 20.2 Å². The maximum absolute atomic E-state index is 9.31. The Morgan fingerprint density at radius 1 is 1.64 bits per heavy atom. The Morgan fingerprint density at radius 2 is 2.27 bits per heavy atom. The van der Waals surface area contributed by atoms with Gasteiger partial charge in [-0.3, -0.25) is 0 Å². The summed E-state index contributed by atoms with van der Waals surface area (Å²) in [6.07, 6.45) is 7.03. The van der Waals surface area contributed by atoms with Crippen molar-refractivity contribution in [3.05, 3.63) is 24.3 Å². The van der Waals surface area contributed by atoms with Gasteiger partial charge in [0.15, 0.2) is 0 Å². The van der Waals surface area contributed by atoms with Crippen molar-refractivity contribution in [3.8, 4) is 0 Å². The molecule has 0 saturated carbocycles. The van der Waals surface area contributed by atoms with Crippen LogP contribution in [0.3, 0.4) is 0 Å². The molecule has 0 spiro atoms. The molecule has 0 saturated heterocycles. The van der Waals surface area contributed by atoms with E-state index in [0.717, 1.165) is 0 Å². The van der Waals surface area contributed by atoms with E-state index in [2.05, 4.69) is 15.9 Å². The smallest absolute Gasteiger partial charge is 0.126 e. The third-order valence-corrected chi connectivity index (χ3v) is 2.88. The van der Waals surface area contributed by atoms with E-state index in [9.17, 15) is 5.11 Å². The zero-order chi connectivity index (χ0) is 8.48. The van der Waals surface area contributed by atoms with E-state index < -0.39 is 9.89 Å². The van der Waals surface area contributed by atoms with Gasteiger partial charge in [0.2, 0.25) is 0 Å². The molecule has 11 heavy (non-hydrogen) atoms. The SMILES string of the molecule is CC(O)C1C=CC=CC1(Cl)Br. The molecule has 0 heterocycles. The summed E-state index contributed by atoms with van der Waals surface area (Å²) in [5, 5.41) is 9.31. The van der Waals surface area contributed by atoms with Gasteiger partial charge in [0.1, 0.15) is 3.78 Å². The van der Waals surface area contributed by atoms with Crippen molar-refractivity contribution < 1.29 is 5.11 Å². The van der Waals surface area contributed by atoms with Crippen molar-refractivity contribution in [1.82, 2.24) is 0 Å². The van der Waals surface area contributed by atoms with Crippen molar-refractivity contribution in [2.24, 2.45) is 5.92 Å². The molecule has 0 bridgehead atoms. The fraction of sp³-hybridized carbons (Fsp3) is 0.500. The maximum atomic E-state index is 9.31. The zero-order valence-electron chi connectivity index (χ0n) is 6.17. The lowest BCUT2D eigenvalue weighted by molar-refractivity contribution is 0.148. The molecular weight excluding hydrogens is 227 g/mol. The molecular formula is C8H10BrClO. The summed E-state index contributed by atoms with van der Waals surface area (Å²) in [6.45, 7) is 1.73. The second-order valence-electron chi connectivity index (χ2n) is 2.68. The normalized spacial score (nSPS) is 39.1. The lowest BCUT2D eigenvalue weighted by Gasteiger charge is -2.29. The minimum atomic E-state index is -0.615. The average Bonchev–Trinajstić information content (AvgIpc) is 1.85. The van der Waals surface area contributed by atoms with Gasteiger partial charge >= 0.3 is 0 Å². The van der Waals surface area contributed by atoms with Crippen LogP contribution in [0, 0.1) is 5.92 Å². The molecule has 62 valence electrons. The van der Waals surface area contributed by atoms with Gasteiger partial charge in [0.05, 0.1) is 6.10 Å². The summed E-state index contributed by atoms with van der Waals surface area (Å²) >= 11 is 9.38. The first-order valence-electron chi connectivity index (χ1n) is 3.46. The van der Waals surface area contributed by atoms with Crippen LogP contribution in [0.15, 0.2) is 24.3 Å². The molecule has 0 aliphatic heterocycles. The molecule has 0 amide bonds. The van der Waals surface area contributed by atoms with Gasteiger partial charge in [-0.2, -0.15) is 0 Å². The van der Waals surface area contributed by atoms with Crippen molar-refractivity contribution in [2.45, 2.75) is 16.8 Å². The Balaban J connectivity index is 2.80. The minimum absolute atomic E-state index is 0.0610. The van der Waals surface area contributed by atoms with Gasteiger partial charge in [-0.25, -0.2) is 0 Å². The molecule has 0 aromatic heterocycles. The van der Waals surface area contributed by atoms with Crippen LogP contribution in [0.1, 0.15) is 6.92 Å². The van der Waals surface area contributed by atoms with Crippen molar-refractivity contribution in [2.75, 3.05) is 0 Å². The van der Waals surface area contributed by atoms with Gasteiger partial charge in [0, 0.05) is 5.92 Å².